The van der Waals surface area contributed by atoms with Gasteiger partial charge in [0, 0.05) is 42.5 Å². The van der Waals surface area contributed by atoms with Crippen LogP contribution < -0.4 is 20.3 Å². The molecule has 0 radical (unpaired) electrons. The number of methoxy groups -OCH3 is 1. The summed E-state index contributed by atoms with van der Waals surface area (Å²) in [4.78, 5) is 27.5. The van der Waals surface area contributed by atoms with Crippen LogP contribution in [0.3, 0.4) is 0 Å². The van der Waals surface area contributed by atoms with E-state index in [1.165, 1.54) is 10.4 Å². The van der Waals surface area contributed by atoms with Gasteiger partial charge in [-0.1, -0.05) is 19.9 Å². The molecule has 8 nitrogen and oxygen atoms in total. The number of carbonyl (C=O) groups excluding carboxylic acids is 1. The van der Waals surface area contributed by atoms with Crippen LogP contribution >= 0.6 is 11.3 Å². The lowest BCUT2D eigenvalue weighted by Crippen LogP contribution is -2.30. The molecule has 1 aromatic carbocycles. The maximum atomic E-state index is 12.4. The first-order chi connectivity index (χ1) is 17.1. The van der Waals surface area contributed by atoms with Crippen molar-refractivity contribution in [3.05, 3.63) is 64.5 Å². The van der Waals surface area contributed by atoms with Crippen LogP contribution in [0.1, 0.15) is 24.3 Å². The summed E-state index contributed by atoms with van der Waals surface area (Å²) in [7, 11) is 1.61. The predicted molar refractivity (Wildman–Crippen MR) is 143 cm³/mol. The third kappa shape index (κ3) is 6.37. The number of fused-ring (bicyclic) bond motifs is 1. The zero-order valence-corrected chi connectivity index (χ0v) is 21.3. The fourth-order valence-corrected chi connectivity index (χ4v) is 4.90. The van der Waals surface area contributed by atoms with Gasteiger partial charge in [0.25, 0.3) is 0 Å². The van der Waals surface area contributed by atoms with Gasteiger partial charge in [0.1, 0.15) is 11.6 Å². The zero-order chi connectivity index (χ0) is 24.6. The van der Waals surface area contributed by atoms with E-state index in [9.17, 15) is 4.79 Å². The van der Waals surface area contributed by atoms with E-state index < -0.39 is 0 Å². The van der Waals surface area contributed by atoms with Crippen molar-refractivity contribution in [2.45, 2.75) is 26.8 Å². The first kappa shape index (κ1) is 24.7. The van der Waals surface area contributed by atoms with Crippen molar-refractivity contribution in [2.24, 2.45) is 0 Å². The number of nitrogens with zero attached hydrogens (tertiary/aromatic N) is 4. The van der Waals surface area contributed by atoms with Crippen molar-refractivity contribution < 1.29 is 9.53 Å². The lowest BCUT2D eigenvalue weighted by atomic mass is 10.1. The van der Waals surface area contributed by atoms with E-state index >= 15 is 0 Å². The number of nitrogens with one attached hydrogen (secondary N) is 2. The molecule has 0 aliphatic carbocycles. The molecule has 4 rings (SSSR count). The van der Waals surface area contributed by atoms with Gasteiger partial charge in [-0.25, -0.2) is 4.98 Å². The highest BCUT2D eigenvalue weighted by Crippen LogP contribution is 2.31. The van der Waals surface area contributed by atoms with Crippen LogP contribution in [-0.2, 0) is 17.8 Å². The van der Waals surface area contributed by atoms with Gasteiger partial charge in [-0.15, -0.1) is 11.3 Å². The van der Waals surface area contributed by atoms with Gasteiger partial charge in [-0.2, -0.15) is 4.98 Å². The van der Waals surface area contributed by atoms with Crippen LogP contribution in [0.2, 0.25) is 0 Å². The summed E-state index contributed by atoms with van der Waals surface area (Å²) >= 11 is 1.82. The number of amides is 1. The summed E-state index contributed by atoms with van der Waals surface area (Å²) in [6.07, 6.45) is 6.23. The molecule has 1 aliphatic heterocycles. The molecule has 1 amide bonds. The molecule has 1 aliphatic rings. The van der Waals surface area contributed by atoms with Crippen LogP contribution in [-0.4, -0.2) is 54.1 Å². The summed E-state index contributed by atoms with van der Waals surface area (Å²) in [5.74, 6) is 1.81. The smallest absolute Gasteiger partial charge is 0.248 e. The molecular formula is C26H32N6O2S. The van der Waals surface area contributed by atoms with E-state index in [4.69, 9.17) is 9.72 Å². The quantitative estimate of drug-likeness (QED) is 0.397. The summed E-state index contributed by atoms with van der Waals surface area (Å²) in [5, 5.41) is 8.32. The Morgan fingerprint density at radius 3 is 2.91 bits per heavy atom. The summed E-state index contributed by atoms with van der Waals surface area (Å²) in [5.41, 5.74) is 2.70. The van der Waals surface area contributed by atoms with Crippen molar-refractivity contribution in [3.63, 3.8) is 0 Å². The number of hydrogen-bond acceptors (Lipinski definition) is 8. The molecule has 0 atom stereocenters. The molecule has 184 valence electrons. The van der Waals surface area contributed by atoms with Gasteiger partial charge in [-0.05, 0) is 60.8 Å². The minimum absolute atomic E-state index is 0.176. The van der Waals surface area contributed by atoms with Gasteiger partial charge < -0.3 is 25.2 Å². The highest BCUT2D eigenvalue weighted by Gasteiger charge is 2.19. The van der Waals surface area contributed by atoms with E-state index in [0.717, 1.165) is 45.0 Å². The van der Waals surface area contributed by atoms with Crippen LogP contribution in [0.4, 0.5) is 23.1 Å². The molecule has 0 bridgehead atoms. The topological polar surface area (TPSA) is 82.6 Å². The number of aromatic nitrogens is 2. The zero-order valence-electron chi connectivity index (χ0n) is 20.5. The Morgan fingerprint density at radius 2 is 2.11 bits per heavy atom. The molecule has 9 heteroatoms. The Bertz CT molecular complexity index is 1170. The Morgan fingerprint density at radius 1 is 1.26 bits per heavy atom. The van der Waals surface area contributed by atoms with Crippen LogP contribution in [0, 0.1) is 0 Å². The van der Waals surface area contributed by atoms with Crippen molar-refractivity contribution in [3.8, 4) is 5.75 Å². The number of benzene rings is 1. The van der Waals surface area contributed by atoms with Crippen LogP contribution in [0.5, 0.6) is 5.75 Å². The normalized spacial score (nSPS) is 13.2. The molecule has 0 spiro atoms. The molecule has 2 N–H and O–H groups in total. The first-order valence-corrected chi connectivity index (χ1v) is 12.8. The maximum Gasteiger partial charge on any atom is 0.248 e. The number of ether oxygens (including phenoxy) is 1. The number of thiophene rings is 1. The Hall–Kier alpha value is -3.43. The number of anilines is 4. The van der Waals surface area contributed by atoms with E-state index in [2.05, 4.69) is 50.7 Å². The second kappa shape index (κ2) is 11.8. The van der Waals surface area contributed by atoms with E-state index in [1.807, 2.05) is 41.7 Å². The first-order valence-electron chi connectivity index (χ1n) is 11.9. The average molecular weight is 493 g/mol. The van der Waals surface area contributed by atoms with Crippen molar-refractivity contribution >= 4 is 40.4 Å². The fraction of sp³-hybridized carbons (Fsp3) is 0.346. The van der Waals surface area contributed by atoms with Gasteiger partial charge in [0.05, 0.1) is 12.8 Å². The maximum absolute atomic E-state index is 12.4. The van der Waals surface area contributed by atoms with Gasteiger partial charge >= 0.3 is 0 Å². The standard InChI is InChI=1S/C26H32N6O2S/c1-4-31(5-2)14-6-7-25(33)28-20-8-9-22(34-3)21(17-20)29-26-27-13-10-24(30-26)32-15-11-23-19(18-32)12-16-35-23/h6-10,12-13,16-17H,4-5,11,14-15,18H2,1-3H3,(H,28,33)(H,27,29,30)/b7-6+. The second-order valence-corrected chi connectivity index (χ2v) is 9.20. The van der Waals surface area contributed by atoms with Gasteiger partial charge in [0.15, 0.2) is 0 Å². The second-order valence-electron chi connectivity index (χ2n) is 8.20. The SMILES string of the molecule is CCN(CC)C/C=C/C(=O)Nc1ccc(OC)c(Nc2nccc(N3CCc4sccc4C3)n2)c1. The van der Waals surface area contributed by atoms with E-state index in [-0.39, 0.29) is 5.91 Å². The molecule has 0 saturated carbocycles. The minimum atomic E-state index is -0.176. The van der Waals surface area contributed by atoms with Crippen molar-refractivity contribution in [1.29, 1.82) is 0 Å². The van der Waals surface area contributed by atoms with E-state index in [1.54, 1.807) is 19.4 Å². The van der Waals surface area contributed by atoms with Crippen molar-refractivity contribution in [1.82, 2.24) is 14.9 Å². The number of likely N-dealkylation sites (N-methyl/N-ethyl adjacent to an activating group) is 1. The highest BCUT2D eigenvalue weighted by atomic mass is 32.1. The predicted octanol–water partition coefficient (Wildman–Crippen LogP) is 4.69. The van der Waals surface area contributed by atoms with Crippen molar-refractivity contribution in [2.75, 3.05) is 48.8 Å². The third-order valence-electron chi connectivity index (χ3n) is 6.01. The van der Waals surface area contributed by atoms with Crippen LogP contribution in [0.25, 0.3) is 0 Å². The number of hydrogen-bond donors (Lipinski definition) is 2. The molecule has 0 fully saturated rings. The molecule has 35 heavy (non-hydrogen) atoms. The molecule has 0 saturated heterocycles. The summed E-state index contributed by atoms with van der Waals surface area (Å²) in [6.45, 7) is 8.63. The lowest BCUT2D eigenvalue weighted by molar-refractivity contribution is -0.111. The molecule has 2 aromatic heterocycles. The lowest BCUT2D eigenvalue weighted by Gasteiger charge is -2.28. The van der Waals surface area contributed by atoms with E-state index in [0.29, 0.717) is 23.1 Å². The van der Waals surface area contributed by atoms with Gasteiger partial charge in [0.2, 0.25) is 11.9 Å². The molecular weight excluding hydrogens is 460 g/mol. The minimum Gasteiger partial charge on any atom is -0.495 e. The fourth-order valence-electron chi connectivity index (χ4n) is 4.01. The largest absolute Gasteiger partial charge is 0.495 e. The number of carbonyl (C=O) groups is 1. The highest BCUT2D eigenvalue weighted by molar-refractivity contribution is 7.10. The Kier molecular flexibility index (Phi) is 8.33. The Balaban J connectivity index is 1.44. The van der Waals surface area contributed by atoms with Crippen LogP contribution in [0.15, 0.2) is 54.1 Å². The molecule has 0 unspecified atom stereocenters. The average Bonchev–Trinajstić information content (AvgIpc) is 3.35. The molecule has 3 heterocycles. The molecule has 3 aromatic rings. The summed E-state index contributed by atoms with van der Waals surface area (Å²) in [6, 6.07) is 9.56. The number of rotatable bonds is 10. The monoisotopic (exact) mass is 492 g/mol. The third-order valence-corrected chi connectivity index (χ3v) is 7.04. The van der Waals surface area contributed by atoms with Gasteiger partial charge in [-0.3, -0.25) is 4.79 Å². The Labute approximate surface area is 210 Å². The summed E-state index contributed by atoms with van der Waals surface area (Å²) < 4.78 is 5.51.